The Balaban J connectivity index is 0.000000233. The Bertz CT molecular complexity index is 5100. The number of amides is 1. The predicted molar refractivity (Wildman–Crippen MR) is 418 cm³/mol. The van der Waals surface area contributed by atoms with E-state index >= 15 is 0 Å². The second kappa shape index (κ2) is 42.9. The van der Waals surface area contributed by atoms with Gasteiger partial charge in [-0.2, -0.15) is 4.98 Å². The van der Waals surface area contributed by atoms with Gasteiger partial charge in [-0.05, 0) is 44.2 Å². The highest BCUT2D eigenvalue weighted by molar-refractivity contribution is 8.08. The standard InChI is InChI=1S/C11H18N4O10P2.C10H15N5O10P2S.2C10H14N5O7P.C9H11NO.C6H12O.2CH4/c1-26(19,20)25-27(21,22)23-2-5-7(16)8(17)11(24-5)15-4-14-6-9(15)12-3-13-10(6)18;11-10-13-7-4(8(18)14-10)12-2-15(7)9-6(17)5(16)3(24-9)1-23-26(19,20)25-27(21,22)28;2*11-8-5-9(13-2-12-8)15(3-14-5)10-7(17)6(16)4(22-10)1-21-23(18,19)20;1-7(11)8-5-3-4-6-9(8)10-2;1-3-4-5-6(2)7;;/h4-5,7-8,11-12,16-17H,2-3H2,1H3,(H,13,18)(H,19,20)(H,21,22);2-3,5-6,9,16-17H,1H2,(H,19,20)(H2,21,22,28)(H3,11,13,14,18);2*2-4,6-7,10,16-17H,1H2,(H2,11,12,13)(H2,18,19,20);3-6,10H,1-2H3;3-5H2,1-2H3;2*1H4/t5-,7-,8-,11-;3-,5-,6?,9-;2*4-,6-,7?,10-;;;;/m1111..../s1. The lowest BCUT2D eigenvalue weighted by atomic mass is 10.1. The van der Waals surface area contributed by atoms with E-state index in [-0.39, 0.29) is 78.9 Å². The van der Waals surface area contributed by atoms with Crippen LogP contribution in [-0.2, 0) is 85.1 Å². The topological polar surface area (TPSA) is 856 Å². The van der Waals surface area contributed by atoms with E-state index in [0.717, 1.165) is 41.4 Å². The van der Waals surface area contributed by atoms with E-state index in [2.05, 4.69) is 111 Å². The van der Waals surface area contributed by atoms with Crippen molar-refractivity contribution in [1.82, 2.24) is 73.4 Å². The van der Waals surface area contributed by atoms with E-state index < -0.39 is 182 Å². The molecule has 27 N–H and O–H groups in total. The average molecular weight is 1860 g/mol. The van der Waals surface area contributed by atoms with Crippen LogP contribution < -0.4 is 38.7 Å². The third kappa shape index (κ3) is 27.5. The van der Waals surface area contributed by atoms with Crippen molar-refractivity contribution < 1.29 is 168 Å². The first-order valence-corrected chi connectivity index (χ1v) is 44.8. The molecule has 12 heterocycles. The summed E-state index contributed by atoms with van der Waals surface area (Å²) in [7, 11) is -21.8. The van der Waals surface area contributed by atoms with E-state index in [1.54, 1.807) is 13.8 Å². The van der Waals surface area contributed by atoms with Crippen LogP contribution in [0.4, 0.5) is 29.1 Å². The number of nitrogens with two attached hydrogens (primary N) is 3. The van der Waals surface area contributed by atoms with Gasteiger partial charge in [-0.15, -0.1) is 0 Å². The first-order chi connectivity index (χ1) is 55.4. The monoisotopic (exact) mass is 1860 g/mol. The van der Waals surface area contributed by atoms with E-state index in [9.17, 15) is 92.6 Å². The molecule has 5 aliphatic heterocycles. The van der Waals surface area contributed by atoms with Gasteiger partial charge in [0.2, 0.25) is 5.95 Å². The SMILES string of the molecule is C.C.CCCCC(C)=O.CNc1ccccc1C(C)=O.CP(=O)(O)OP(=O)(O)OC[C@H]1O[C@@H](n2cnc3c2NCNC3=O)[C@H](O)[C@@H]1O.Nc1nc2c(ncn2[C@@H]2O[C@H](COP(=O)(O)OP(O)(O)=S)[C@@H](O)C2O)c(=O)[nH]1.Nc1ncnc2c1ncn2[C@@H]1O[C@H](COP(=O)(O)O)[C@@H](O)C1O.Nc1ncnc2c1ncn2[C@@H]1O[C@H](COP(=O)(O)O)[C@@H](O)C1O. The van der Waals surface area contributed by atoms with Crippen LogP contribution in [0.2, 0.25) is 0 Å². The number of aliphatic hydroxyl groups is 8. The first-order valence-electron chi connectivity index (χ1n) is 34.1. The zero-order chi connectivity index (χ0) is 88.4. The zero-order valence-electron chi connectivity index (χ0n) is 62.2. The Morgan fingerprint density at radius 3 is 1.33 bits per heavy atom. The number of nitrogens with one attached hydrogen (secondary N) is 4. The summed E-state index contributed by atoms with van der Waals surface area (Å²) in [6, 6.07) is 7.46. The van der Waals surface area contributed by atoms with Crippen LogP contribution in [0.5, 0.6) is 0 Å². The number of nitrogens with zero attached hydrogens (tertiary/aromatic N) is 13. The lowest BCUT2D eigenvalue weighted by Crippen LogP contribution is -2.37. The number of carbonyl (C=O) groups excluding carboxylic acids is 3. The van der Waals surface area contributed by atoms with Gasteiger partial charge in [-0.3, -0.25) is 60.3 Å². The van der Waals surface area contributed by atoms with Gasteiger partial charge < -0.3 is 142 Å². The molecule has 4 saturated heterocycles. The second-order valence-electron chi connectivity index (χ2n) is 25.6. The number of carbonyl (C=O) groups is 3. The average Bonchev–Trinajstić information content (AvgIpc) is 1.63. The van der Waals surface area contributed by atoms with Gasteiger partial charge >= 0.3 is 45.6 Å². The fourth-order valence-electron chi connectivity index (χ4n) is 11.3. The predicted octanol–water partition coefficient (Wildman–Crippen LogP) is -2.53. The summed E-state index contributed by atoms with van der Waals surface area (Å²) in [6.07, 6.45) is -10.9. The number of imidazole rings is 4. The fraction of sp³-hybridized carbons (Fsp3) is 0.534. The number of H-pyrrole nitrogens is 1. The van der Waals surface area contributed by atoms with Crippen LogP contribution in [0.1, 0.15) is 101 Å². The zero-order valence-corrected chi connectivity index (χ0v) is 68.3. The first kappa shape index (κ1) is 102. The normalized spacial score (nSPS) is 25.8. The van der Waals surface area contributed by atoms with Crippen molar-refractivity contribution in [2.75, 3.05) is 74.6 Å². The van der Waals surface area contributed by atoms with Crippen molar-refractivity contribution in [3.05, 3.63) is 83.8 Å². The Morgan fingerprint density at radius 2 is 0.950 bits per heavy atom. The van der Waals surface area contributed by atoms with E-state index in [4.69, 9.17) is 70.4 Å². The number of hydrogen-bond donors (Lipinski definition) is 24. The van der Waals surface area contributed by atoms with Gasteiger partial charge in [0.25, 0.3) is 11.5 Å². The Morgan fingerprint density at radius 1 is 0.554 bits per heavy atom. The number of Topliss-reactive ketones (excluding diaryl/α,β-unsaturated/α-hetero) is 2. The molecule has 0 saturated carbocycles. The molecule has 56 nitrogen and oxygen atoms in total. The number of para-hydroxylation sites is 1. The molecular weight excluding hydrogens is 1770 g/mol. The smallest absolute Gasteiger partial charge is 0.388 e. The van der Waals surface area contributed by atoms with Crippen molar-refractivity contribution in [3.63, 3.8) is 0 Å². The molecule has 7 aromatic heterocycles. The highest BCUT2D eigenvalue weighted by Gasteiger charge is 2.50. The number of fused-ring (bicyclic) bond motifs is 4. The second-order valence-corrected chi connectivity index (χ2v) is 35.7. The summed E-state index contributed by atoms with van der Waals surface area (Å²) >= 11 is 4.07. The Kier molecular flexibility index (Phi) is 36.2. The molecule has 4 fully saturated rings. The molecule has 19 atom stereocenters. The number of aromatic nitrogens is 14. The molecule has 0 radical (unpaired) electrons. The van der Waals surface area contributed by atoms with Gasteiger partial charge in [0.1, 0.15) is 109 Å². The summed E-state index contributed by atoms with van der Waals surface area (Å²) in [6.45, 7) is -1.06. The summed E-state index contributed by atoms with van der Waals surface area (Å²) in [5, 5.41) is 89.1. The molecule has 676 valence electrons. The molecule has 13 rings (SSSR count). The Hall–Kier alpha value is -7.59. The summed E-state index contributed by atoms with van der Waals surface area (Å²) < 4.78 is 108. The summed E-state index contributed by atoms with van der Waals surface area (Å²) in [5.41, 5.74) is 18.9. The maximum atomic E-state index is 11.8. The molecule has 8 aromatic rings. The van der Waals surface area contributed by atoms with E-state index in [1.165, 1.54) is 45.3 Å². The number of rotatable bonds is 25. The van der Waals surface area contributed by atoms with Crippen LogP contribution in [0.15, 0.2) is 67.0 Å². The number of nitrogen functional groups attached to an aromatic ring is 3. The molecule has 0 aliphatic carbocycles. The molecule has 0 bridgehead atoms. The molecule has 63 heteroatoms. The van der Waals surface area contributed by atoms with Gasteiger partial charge in [0, 0.05) is 31.4 Å². The number of phosphoric acid groups is 4. The molecule has 5 aliphatic rings. The minimum Gasteiger partial charge on any atom is -0.388 e. The molecular formula is C58H92N20O36P6S. The van der Waals surface area contributed by atoms with Gasteiger partial charge in [0.05, 0.1) is 58.4 Å². The van der Waals surface area contributed by atoms with Crippen molar-refractivity contribution in [3.8, 4) is 0 Å². The van der Waals surface area contributed by atoms with Gasteiger partial charge in [0.15, 0.2) is 70.5 Å². The molecule has 0 spiro atoms. The molecule has 121 heavy (non-hydrogen) atoms. The van der Waals surface area contributed by atoms with E-state index in [0.29, 0.717) is 23.5 Å². The number of unbranched alkanes of at least 4 members (excludes halogenated alkanes) is 1. The van der Waals surface area contributed by atoms with Crippen molar-refractivity contribution in [2.45, 2.75) is 153 Å². The van der Waals surface area contributed by atoms with E-state index in [1.807, 2.05) is 31.3 Å². The van der Waals surface area contributed by atoms with Crippen LogP contribution >= 0.6 is 45.6 Å². The molecule has 6 unspecified atom stereocenters. The van der Waals surface area contributed by atoms with Crippen molar-refractivity contribution in [1.29, 1.82) is 0 Å². The number of phosphoric ester groups is 4. The van der Waals surface area contributed by atoms with Gasteiger partial charge in [-0.1, -0.05) is 40.3 Å². The number of hydrogen-bond acceptors (Lipinski definition) is 42. The van der Waals surface area contributed by atoms with Crippen LogP contribution in [-0.4, -0.2) is 291 Å². The van der Waals surface area contributed by atoms with Crippen molar-refractivity contribution >= 4 is 137 Å². The highest BCUT2D eigenvalue weighted by atomic mass is 32.5. The minimum absolute atomic E-state index is 0. The maximum absolute atomic E-state index is 11.8. The minimum atomic E-state index is -4.97. The number of anilines is 5. The summed E-state index contributed by atoms with van der Waals surface area (Å²) in [4.78, 5) is 163. The molecule has 1 amide bonds. The number of aliphatic hydroxyl groups excluding tert-OH is 8. The number of benzene rings is 1. The number of ether oxygens (including phenoxy) is 4. The number of aromatic amines is 1. The third-order valence-corrected chi connectivity index (χ3v) is 23.0. The quantitative estimate of drug-likeness (QED) is 0.0207. The Labute approximate surface area is 687 Å². The largest absolute Gasteiger partial charge is 0.479 e. The number of ketones is 2. The fourth-order valence-corrected chi connectivity index (χ4v) is 16.4. The maximum Gasteiger partial charge on any atom is 0.479 e. The summed E-state index contributed by atoms with van der Waals surface area (Å²) in [5.74, 6) is 0.305. The molecule has 1 aromatic carbocycles. The highest BCUT2D eigenvalue weighted by Crippen LogP contribution is 2.59. The third-order valence-electron chi connectivity index (χ3n) is 16.7. The lowest BCUT2D eigenvalue weighted by Gasteiger charge is -2.22. The van der Waals surface area contributed by atoms with Crippen molar-refractivity contribution in [2.24, 2.45) is 0 Å². The van der Waals surface area contributed by atoms with Crippen LogP contribution in [0.3, 0.4) is 0 Å². The lowest BCUT2D eigenvalue weighted by molar-refractivity contribution is -0.117. The van der Waals surface area contributed by atoms with Crippen LogP contribution in [0, 0.1) is 0 Å². The van der Waals surface area contributed by atoms with Gasteiger partial charge in [-0.25, -0.2) is 66.8 Å². The van der Waals surface area contributed by atoms with Crippen LogP contribution in [0.25, 0.3) is 33.5 Å².